The highest BCUT2D eigenvalue weighted by Crippen LogP contribution is 2.24. The van der Waals surface area contributed by atoms with Gasteiger partial charge in [0.2, 0.25) is 11.9 Å². The van der Waals surface area contributed by atoms with Gasteiger partial charge in [0.25, 0.3) is 0 Å². The molecule has 3 rings (SSSR count). The smallest absolute Gasteiger partial charge is 0.249 e. The Balaban J connectivity index is 1.79. The zero-order valence-electron chi connectivity index (χ0n) is 15.6. The van der Waals surface area contributed by atoms with Gasteiger partial charge in [-0.25, -0.2) is 0 Å². The minimum absolute atomic E-state index is 0.105. The Labute approximate surface area is 158 Å². The van der Waals surface area contributed by atoms with E-state index in [0.29, 0.717) is 5.95 Å². The van der Waals surface area contributed by atoms with Gasteiger partial charge in [-0.2, -0.15) is 10.1 Å². The van der Waals surface area contributed by atoms with Crippen molar-refractivity contribution in [2.24, 2.45) is 0 Å². The fourth-order valence-corrected chi connectivity index (χ4v) is 2.72. The summed E-state index contributed by atoms with van der Waals surface area (Å²) in [5.41, 5.74) is 3.79. The van der Waals surface area contributed by atoms with Gasteiger partial charge in [0.05, 0.1) is 6.20 Å². The van der Waals surface area contributed by atoms with Gasteiger partial charge in [-0.05, 0) is 55.8 Å². The highest BCUT2D eigenvalue weighted by molar-refractivity contribution is 5.88. The molecule has 2 aromatic carbocycles. The molecule has 0 aliphatic carbocycles. The second-order valence-electron chi connectivity index (χ2n) is 6.10. The first kappa shape index (κ1) is 18.3. The van der Waals surface area contributed by atoms with Crippen LogP contribution in [-0.2, 0) is 4.79 Å². The minimum Gasteiger partial charge on any atom is -0.326 e. The lowest BCUT2D eigenvalue weighted by Crippen LogP contribution is -2.18. The standard InChI is InChI=1S/C20H22N6O/c1-4-26(18-7-5-6-14(2)12-18)19-13-21-25-20(24-19)23-17-10-8-16(9-11-17)22-15(3)27/h5-13H,4H2,1-3H3,(H,22,27)(H,23,24,25). The topological polar surface area (TPSA) is 83.0 Å². The van der Waals surface area contributed by atoms with E-state index in [2.05, 4.69) is 56.7 Å². The molecule has 2 N–H and O–H groups in total. The van der Waals surface area contributed by atoms with Crippen molar-refractivity contribution in [1.29, 1.82) is 0 Å². The second kappa shape index (κ2) is 8.27. The Morgan fingerprint density at radius 2 is 1.85 bits per heavy atom. The Bertz CT molecular complexity index is 926. The number of nitrogens with zero attached hydrogens (tertiary/aromatic N) is 4. The van der Waals surface area contributed by atoms with E-state index < -0.39 is 0 Å². The van der Waals surface area contributed by atoms with Crippen LogP contribution in [0.15, 0.2) is 54.7 Å². The molecule has 0 saturated heterocycles. The van der Waals surface area contributed by atoms with Crippen LogP contribution in [0.3, 0.4) is 0 Å². The highest BCUT2D eigenvalue weighted by Gasteiger charge is 2.11. The number of benzene rings is 2. The van der Waals surface area contributed by atoms with Gasteiger partial charge in [0.1, 0.15) is 0 Å². The predicted octanol–water partition coefficient (Wildman–Crippen LogP) is 4.04. The van der Waals surface area contributed by atoms with Crippen LogP contribution >= 0.6 is 0 Å². The van der Waals surface area contributed by atoms with Gasteiger partial charge in [0, 0.05) is 30.5 Å². The van der Waals surface area contributed by atoms with Crippen molar-refractivity contribution >= 4 is 34.7 Å². The third kappa shape index (κ3) is 4.78. The van der Waals surface area contributed by atoms with Gasteiger partial charge in [-0.15, -0.1) is 5.10 Å². The molecule has 7 heteroatoms. The summed E-state index contributed by atoms with van der Waals surface area (Å²) in [6.07, 6.45) is 1.65. The first-order valence-corrected chi connectivity index (χ1v) is 8.74. The van der Waals surface area contributed by atoms with E-state index >= 15 is 0 Å². The van der Waals surface area contributed by atoms with E-state index in [9.17, 15) is 4.79 Å². The molecule has 1 heterocycles. The molecule has 0 saturated carbocycles. The SMILES string of the molecule is CCN(c1cccc(C)c1)c1cnnc(Nc2ccc(NC(C)=O)cc2)n1. The van der Waals surface area contributed by atoms with E-state index in [0.717, 1.165) is 29.4 Å². The van der Waals surface area contributed by atoms with Crippen molar-refractivity contribution in [2.75, 3.05) is 22.1 Å². The average Bonchev–Trinajstić information content (AvgIpc) is 2.64. The molecule has 0 atom stereocenters. The lowest BCUT2D eigenvalue weighted by Gasteiger charge is -2.22. The van der Waals surface area contributed by atoms with Gasteiger partial charge >= 0.3 is 0 Å². The van der Waals surface area contributed by atoms with Gasteiger partial charge in [-0.3, -0.25) is 4.79 Å². The lowest BCUT2D eigenvalue weighted by atomic mass is 10.2. The van der Waals surface area contributed by atoms with Crippen LogP contribution in [0.2, 0.25) is 0 Å². The van der Waals surface area contributed by atoms with Gasteiger partial charge in [-0.1, -0.05) is 12.1 Å². The molecule has 0 bridgehead atoms. The van der Waals surface area contributed by atoms with Crippen LogP contribution in [0.1, 0.15) is 19.4 Å². The summed E-state index contributed by atoms with van der Waals surface area (Å²) in [6, 6.07) is 15.6. The van der Waals surface area contributed by atoms with Gasteiger partial charge in [0.15, 0.2) is 5.82 Å². The summed E-state index contributed by atoms with van der Waals surface area (Å²) < 4.78 is 0. The maximum atomic E-state index is 11.1. The van der Waals surface area contributed by atoms with Crippen molar-refractivity contribution in [2.45, 2.75) is 20.8 Å². The summed E-state index contributed by atoms with van der Waals surface area (Å²) in [4.78, 5) is 17.8. The number of aryl methyl sites for hydroxylation is 1. The number of carbonyl (C=O) groups excluding carboxylic acids is 1. The first-order valence-electron chi connectivity index (χ1n) is 8.74. The lowest BCUT2D eigenvalue weighted by molar-refractivity contribution is -0.114. The van der Waals surface area contributed by atoms with E-state index in [4.69, 9.17) is 0 Å². The van der Waals surface area contributed by atoms with Crippen molar-refractivity contribution in [1.82, 2.24) is 15.2 Å². The normalized spacial score (nSPS) is 10.3. The van der Waals surface area contributed by atoms with Crippen molar-refractivity contribution in [3.8, 4) is 0 Å². The molecule has 1 amide bonds. The highest BCUT2D eigenvalue weighted by atomic mass is 16.1. The van der Waals surface area contributed by atoms with Crippen molar-refractivity contribution in [3.63, 3.8) is 0 Å². The zero-order chi connectivity index (χ0) is 19.2. The molecule has 0 fully saturated rings. The molecule has 1 aromatic heterocycles. The maximum Gasteiger partial charge on any atom is 0.249 e. The fourth-order valence-electron chi connectivity index (χ4n) is 2.72. The number of aromatic nitrogens is 3. The van der Waals surface area contributed by atoms with Crippen LogP contribution in [0.4, 0.5) is 28.8 Å². The molecule has 3 aromatic rings. The largest absolute Gasteiger partial charge is 0.326 e. The third-order valence-corrected chi connectivity index (χ3v) is 3.91. The van der Waals surface area contributed by atoms with Gasteiger partial charge < -0.3 is 15.5 Å². The van der Waals surface area contributed by atoms with Crippen LogP contribution in [0, 0.1) is 6.92 Å². The molecule has 0 aliphatic heterocycles. The number of hydrogen-bond acceptors (Lipinski definition) is 6. The second-order valence-corrected chi connectivity index (χ2v) is 6.10. The summed E-state index contributed by atoms with van der Waals surface area (Å²) in [7, 11) is 0. The number of anilines is 5. The predicted molar refractivity (Wildman–Crippen MR) is 108 cm³/mol. The molecule has 27 heavy (non-hydrogen) atoms. The van der Waals surface area contributed by atoms with Crippen LogP contribution < -0.4 is 15.5 Å². The monoisotopic (exact) mass is 362 g/mol. The Morgan fingerprint density at radius 1 is 1.11 bits per heavy atom. The maximum absolute atomic E-state index is 11.1. The molecule has 7 nitrogen and oxygen atoms in total. The third-order valence-electron chi connectivity index (χ3n) is 3.91. The number of carbonyl (C=O) groups is 1. The Hall–Kier alpha value is -3.48. The molecule has 0 unspecified atom stereocenters. The van der Waals surface area contributed by atoms with Crippen molar-refractivity contribution < 1.29 is 4.79 Å². The number of amides is 1. The Kier molecular flexibility index (Phi) is 5.61. The first-order chi connectivity index (χ1) is 13.0. The van der Waals surface area contributed by atoms with E-state index in [1.165, 1.54) is 12.5 Å². The Morgan fingerprint density at radius 3 is 2.52 bits per heavy atom. The summed E-state index contributed by atoms with van der Waals surface area (Å²) >= 11 is 0. The number of rotatable bonds is 6. The van der Waals surface area contributed by atoms with Crippen LogP contribution in [-0.4, -0.2) is 27.6 Å². The minimum atomic E-state index is -0.105. The molecular formula is C20H22N6O. The zero-order valence-corrected chi connectivity index (χ0v) is 15.6. The molecular weight excluding hydrogens is 340 g/mol. The fraction of sp³-hybridized carbons (Fsp3) is 0.200. The number of nitrogens with one attached hydrogen (secondary N) is 2. The quantitative estimate of drug-likeness (QED) is 0.689. The summed E-state index contributed by atoms with van der Waals surface area (Å²) in [5, 5.41) is 14.0. The van der Waals surface area contributed by atoms with E-state index in [-0.39, 0.29) is 5.91 Å². The summed E-state index contributed by atoms with van der Waals surface area (Å²) in [6.45, 7) is 6.36. The number of hydrogen-bond donors (Lipinski definition) is 2. The molecule has 0 aliphatic rings. The summed E-state index contributed by atoms with van der Waals surface area (Å²) in [5.74, 6) is 1.02. The molecule has 138 valence electrons. The molecule has 0 spiro atoms. The van der Waals surface area contributed by atoms with Crippen molar-refractivity contribution in [3.05, 3.63) is 60.3 Å². The molecule has 0 radical (unpaired) electrons. The van der Waals surface area contributed by atoms with Crippen LogP contribution in [0.25, 0.3) is 0 Å². The average molecular weight is 362 g/mol. The van der Waals surface area contributed by atoms with Crippen LogP contribution in [0.5, 0.6) is 0 Å². The van der Waals surface area contributed by atoms with E-state index in [1.807, 2.05) is 36.4 Å². The van der Waals surface area contributed by atoms with E-state index in [1.54, 1.807) is 6.20 Å².